The van der Waals surface area contributed by atoms with Gasteiger partial charge in [-0.2, -0.15) is 8.42 Å². The van der Waals surface area contributed by atoms with Crippen molar-refractivity contribution < 1.29 is 12.6 Å². The number of nitrogens with one attached hydrogen (secondary N) is 1. The minimum Gasteiger partial charge on any atom is -0.349 e. The monoisotopic (exact) mass is 488 g/mol. The first-order chi connectivity index (χ1) is 14.3. The number of aryl methyl sites for hydroxylation is 1. The number of aromatic amines is 1. The van der Waals surface area contributed by atoms with Crippen molar-refractivity contribution in [1.29, 1.82) is 0 Å². The number of halogens is 1. The number of likely N-dealkylation sites (N-methyl/N-ethyl adjacent to an activating group) is 1. The summed E-state index contributed by atoms with van der Waals surface area (Å²) in [4.78, 5) is 6.05. The lowest BCUT2D eigenvalue weighted by Gasteiger charge is -2.45. The fourth-order valence-electron chi connectivity index (χ4n) is 5.18. The average Bonchev–Trinajstić information content (AvgIpc) is 3.04. The van der Waals surface area contributed by atoms with E-state index < -0.39 is 10.1 Å². The van der Waals surface area contributed by atoms with Crippen LogP contribution in [0.15, 0.2) is 52.0 Å². The van der Waals surface area contributed by atoms with Gasteiger partial charge >= 0.3 is 0 Å². The largest absolute Gasteiger partial charge is 0.349 e. The van der Waals surface area contributed by atoms with E-state index in [1.54, 1.807) is 24.3 Å². The number of piperidine rings is 1. The molecule has 0 unspecified atom stereocenters. The van der Waals surface area contributed by atoms with Crippen LogP contribution < -0.4 is 0 Å². The van der Waals surface area contributed by atoms with Crippen LogP contribution in [0.3, 0.4) is 0 Å². The summed E-state index contributed by atoms with van der Waals surface area (Å²) < 4.78 is 31.8. The molecule has 1 aliphatic carbocycles. The molecule has 0 radical (unpaired) electrons. The van der Waals surface area contributed by atoms with Crippen LogP contribution in [0.5, 0.6) is 0 Å². The van der Waals surface area contributed by atoms with Crippen LogP contribution in [-0.4, -0.2) is 44.5 Å². The Hall–Kier alpha value is -1.67. The summed E-state index contributed by atoms with van der Waals surface area (Å²) in [6, 6.07) is 13.7. The van der Waals surface area contributed by atoms with Gasteiger partial charge in [-0.15, -0.1) is 0 Å². The normalized spacial score (nSPS) is 24.2. The Kier molecular flexibility index (Phi) is 5.05. The number of hydrogen-bond donors (Lipinski definition) is 1. The van der Waals surface area contributed by atoms with E-state index in [0.717, 1.165) is 35.1 Å². The van der Waals surface area contributed by atoms with Gasteiger partial charge in [0.1, 0.15) is 0 Å². The molecule has 3 aromatic rings. The molecule has 1 N–H and O–H groups in total. The fraction of sp³-hybridized carbons (Fsp3) is 0.391. The highest BCUT2D eigenvalue weighted by Gasteiger charge is 2.40. The number of benzene rings is 2. The van der Waals surface area contributed by atoms with Gasteiger partial charge in [-0.3, -0.25) is 4.18 Å². The van der Waals surface area contributed by atoms with Crippen LogP contribution in [0.4, 0.5) is 0 Å². The van der Waals surface area contributed by atoms with E-state index in [4.69, 9.17) is 4.18 Å². The number of nitrogens with zero attached hydrogens (tertiary/aromatic N) is 1. The predicted molar refractivity (Wildman–Crippen MR) is 121 cm³/mol. The Morgan fingerprint density at radius 3 is 2.73 bits per heavy atom. The zero-order chi connectivity index (χ0) is 21.0. The molecule has 2 heterocycles. The molecule has 7 heteroatoms. The van der Waals surface area contributed by atoms with Crippen LogP contribution in [0.1, 0.15) is 29.0 Å². The molecule has 5 rings (SSSR count). The van der Waals surface area contributed by atoms with Crippen LogP contribution >= 0.6 is 15.9 Å². The van der Waals surface area contributed by atoms with Gasteiger partial charge in [0.25, 0.3) is 10.1 Å². The Morgan fingerprint density at radius 1 is 1.20 bits per heavy atom. The molecular formula is C23H25BrN2O3S. The maximum Gasteiger partial charge on any atom is 0.296 e. The maximum absolute atomic E-state index is 12.6. The lowest BCUT2D eigenvalue weighted by atomic mass is 9.72. The third-order valence-electron chi connectivity index (χ3n) is 6.65. The number of hydrogen-bond acceptors (Lipinski definition) is 4. The van der Waals surface area contributed by atoms with E-state index in [-0.39, 0.29) is 17.4 Å². The molecule has 1 aromatic heterocycles. The number of H-pyrrole nitrogens is 1. The van der Waals surface area contributed by atoms with Crippen molar-refractivity contribution in [2.45, 2.75) is 36.6 Å². The number of rotatable bonds is 4. The third-order valence-corrected chi connectivity index (χ3v) is 8.63. The summed E-state index contributed by atoms with van der Waals surface area (Å²) >= 11 is 3.70. The highest BCUT2D eigenvalue weighted by Crippen LogP contribution is 2.46. The minimum absolute atomic E-state index is 0.163. The van der Waals surface area contributed by atoms with Gasteiger partial charge in [0, 0.05) is 29.4 Å². The van der Waals surface area contributed by atoms with Gasteiger partial charge in [0.15, 0.2) is 0 Å². The van der Waals surface area contributed by atoms with Crippen LogP contribution in [0.2, 0.25) is 0 Å². The van der Waals surface area contributed by atoms with Crippen LogP contribution in [0, 0.1) is 12.8 Å². The molecule has 1 saturated heterocycles. The summed E-state index contributed by atoms with van der Waals surface area (Å²) in [5, 5.41) is 1.33. The minimum atomic E-state index is -3.74. The van der Waals surface area contributed by atoms with Crippen molar-refractivity contribution >= 4 is 37.0 Å². The molecule has 5 nitrogen and oxygen atoms in total. The molecular weight excluding hydrogens is 464 g/mol. The van der Waals surface area contributed by atoms with E-state index in [9.17, 15) is 8.42 Å². The quantitative estimate of drug-likeness (QED) is 0.544. The lowest BCUT2D eigenvalue weighted by Crippen LogP contribution is -2.48. The van der Waals surface area contributed by atoms with Gasteiger partial charge in [-0.1, -0.05) is 29.8 Å². The zero-order valence-electron chi connectivity index (χ0n) is 17.1. The standard InChI is InChI=1S/C23H25BrN2O3S/c1-14-6-8-16(9-7-14)30(27,28)29-13-15-10-18-17-4-3-5-20-22(17)19(23(24)25-20)11-21(18)26(2)12-15/h3-9,15,18,21,25H,10-13H2,1-2H3/t15-,18+,21+/m0/s1. The average molecular weight is 489 g/mol. The van der Waals surface area contributed by atoms with E-state index in [2.05, 4.69) is 51.1 Å². The Morgan fingerprint density at radius 2 is 1.97 bits per heavy atom. The smallest absolute Gasteiger partial charge is 0.296 e. The van der Waals surface area contributed by atoms with Crippen LogP contribution in [-0.2, 0) is 20.7 Å². The summed E-state index contributed by atoms with van der Waals surface area (Å²) in [5.41, 5.74) is 4.90. The third kappa shape index (κ3) is 3.42. The topological polar surface area (TPSA) is 62.4 Å². The Labute approximate surface area is 185 Å². The second-order valence-electron chi connectivity index (χ2n) is 8.66. The van der Waals surface area contributed by atoms with Crippen molar-refractivity contribution in [3.63, 3.8) is 0 Å². The Balaban J connectivity index is 1.38. The molecule has 1 aliphatic heterocycles. The summed E-state index contributed by atoms with van der Waals surface area (Å²) in [6.07, 6.45) is 1.92. The number of likely N-dealkylation sites (tertiary alicyclic amines) is 1. The lowest BCUT2D eigenvalue weighted by molar-refractivity contribution is 0.0853. The van der Waals surface area contributed by atoms with Gasteiger partial charge in [-0.05, 0) is 78.0 Å². The molecule has 2 aliphatic rings. The zero-order valence-corrected chi connectivity index (χ0v) is 19.5. The van der Waals surface area contributed by atoms with Gasteiger partial charge in [-0.25, -0.2) is 0 Å². The first kappa shape index (κ1) is 20.2. The van der Waals surface area contributed by atoms with Crippen LogP contribution in [0.25, 0.3) is 10.9 Å². The van der Waals surface area contributed by atoms with Gasteiger partial charge in [0.2, 0.25) is 0 Å². The highest BCUT2D eigenvalue weighted by atomic mass is 79.9. The van der Waals surface area contributed by atoms with Crippen molar-refractivity contribution in [1.82, 2.24) is 9.88 Å². The second-order valence-corrected chi connectivity index (χ2v) is 11.1. The molecule has 1 fully saturated rings. The van der Waals surface area contributed by atoms with Gasteiger partial charge < -0.3 is 9.88 Å². The summed E-state index contributed by atoms with van der Waals surface area (Å²) in [6.45, 7) is 2.98. The molecule has 0 spiro atoms. The SMILES string of the molecule is Cc1ccc(S(=O)(=O)OC[C@H]2C[C@@H]3c4cccc5[nH]c(Br)c(c45)C[C@H]3N(C)C2)cc1. The molecule has 158 valence electrons. The van der Waals surface area contributed by atoms with Crippen molar-refractivity contribution in [3.05, 3.63) is 63.8 Å². The van der Waals surface area contributed by atoms with E-state index in [1.807, 2.05) is 6.92 Å². The first-order valence-corrected chi connectivity index (χ1v) is 12.5. The van der Waals surface area contributed by atoms with Crippen molar-refractivity contribution in [3.8, 4) is 0 Å². The first-order valence-electron chi connectivity index (χ1n) is 10.3. The molecule has 0 saturated carbocycles. The van der Waals surface area contributed by atoms with Crippen molar-refractivity contribution in [2.75, 3.05) is 20.2 Å². The molecule has 30 heavy (non-hydrogen) atoms. The molecule has 0 amide bonds. The summed E-state index contributed by atoms with van der Waals surface area (Å²) in [5.74, 6) is 0.536. The van der Waals surface area contributed by atoms with E-state index in [1.165, 1.54) is 16.5 Å². The van der Waals surface area contributed by atoms with Gasteiger partial charge in [0.05, 0.1) is 16.1 Å². The number of fused-ring (bicyclic) bond motifs is 2. The Bertz CT molecular complexity index is 1200. The second kappa shape index (κ2) is 7.48. The molecule has 2 aromatic carbocycles. The van der Waals surface area contributed by atoms with E-state index in [0.29, 0.717) is 12.0 Å². The predicted octanol–water partition coefficient (Wildman–Crippen LogP) is 4.60. The maximum atomic E-state index is 12.6. The fourth-order valence-corrected chi connectivity index (χ4v) is 6.73. The molecule has 3 atom stereocenters. The molecule has 0 bridgehead atoms. The number of aromatic nitrogens is 1. The summed E-state index contributed by atoms with van der Waals surface area (Å²) in [7, 11) is -1.60. The van der Waals surface area contributed by atoms with Crippen molar-refractivity contribution in [2.24, 2.45) is 5.92 Å². The van der Waals surface area contributed by atoms with E-state index >= 15 is 0 Å². The highest BCUT2D eigenvalue weighted by molar-refractivity contribution is 9.10.